The topological polar surface area (TPSA) is 46.5 Å². The van der Waals surface area contributed by atoms with Crippen LogP contribution in [0.1, 0.15) is 38.3 Å². The average molecular weight is 268 g/mol. The summed E-state index contributed by atoms with van der Waals surface area (Å²) in [6.45, 7) is 6.20. The molecule has 0 radical (unpaired) electrons. The van der Waals surface area contributed by atoms with Crippen molar-refractivity contribution in [3.05, 3.63) is 29.1 Å². The third kappa shape index (κ3) is 4.89. The summed E-state index contributed by atoms with van der Waals surface area (Å²) in [6.07, 6.45) is 1.40. The van der Waals surface area contributed by atoms with E-state index < -0.39 is 5.82 Å². The Morgan fingerprint density at radius 2 is 2.05 bits per heavy atom. The molecule has 0 saturated heterocycles. The molecule has 0 saturated carbocycles. The zero-order valence-corrected chi connectivity index (χ0v) is 11.7. The third-order valence-electron chi connectivity index (χ3n) is 2.80. The van der Waals surface area contributed by atoms with Crippen molar-refractivity contribution in [2.45, 2.75) is 40.0 Å². The highest BCUT2D eigenvalue weighted by atomic mass is 19.1. The molecule has 0 aliphatic carbocycles. The van der Waals surface area contributed by atoms with Gasteiger partial charge in [0.05, 0.1) is 6.61 Å². The Morgan fingerprint density at radius 1 is 1.37 bits per heavy atom. The van der Waals surface area contributed by atoms with Gasteiger partial charge < -0.3 is 9.84 Å². The second-order valence-corrected chi connectivity index (χ2v) is 4.98. The molecule has 0 fully saturated rings. The molecular formula is C15H21FO3. The summed E-state index contributed by atoms with van der Waals surface area (Å²) in [5.41, 5.74) is 1.65. The molecule has 4 heteroatoms. The molecule has 106 valence electrons. The van der Waals surface area contributed by atoms with Crippen molar-refractivity contribution in [3.63, 3.8) is 0 Å². The molecule has 0 heterocycles. The van der Waals surface area contributed by atoms with Crippen molar-refractivity contribution in [1.29, 1.82) is 0 Å². The van der Waals surface area contributed by atoms with Gasteiger partial charge in [0.1, 0.15) is 0 Å². The number of halogens is 1. The minimum Gasteiger partial charge on any atom is -0.505 e. The van der Waals surface area contributed by atoms with E-state index in [1.807, 2.05) is 0 Å². The number of benzene rings is 1. The van der Waals surface area contributed by atoms with Crippen molar-refractivity contribution in [1.82, 2.24) is 0 Å². The second-order valence-electron chi connectivity index (χ2n) is 4.98. The normalized spacial score (nSPS) is 10.8. The minimum absolute atomic E-state index is 0.225. The molecule has 1 aromatic rings. The fourth-order valence-electron chi connectivity index (χ4n) is 1.98. The number of phenols is 1. The maximum atomic E-state index is 13.4. The molecular weight excluding hydrogens is 247 g/mol. The lowest BCUT2D eigenvalue weighted by atomic mass is 9.95. The van der Waals surface area contributed by atoms with Gasteiger partial charge in [-0.1, -0.05) is 13.8 Å². The molecule has 3 nitrogen and oxygen atoms in total. The lowest BCUT2D eigenvalue weighted by Gasteiger charge is -2.12. The number of carbonyl (C=O) groups is 1. The van der Waals surface area contributed by atoms with Crippen LogP contribution in [0.3, 0.4) is 0 Å². The lowest BCUT2D eigenvalue weighted by Crippen LogP contribution is -2.07. The summed E-state index contributed by atoms with van der Waals surface area (Å²) >= 11 is 0. The monoisotopic (exact) mass is 268 g/mol. The number of aryl methyl sites for hydroxylation is 1. The summed E-state index contributed by atoms with van der Waals surface area (Å²) in [6, 6.07) is 2.77. The van der Waals surface area contributed by atoms with Crippen molar-refractivity contribution in [2.75, 3.05) is 6.61 Å². The zero-order chi connectivity index (χ0) is 14.4. The highest BCUT2D eigenvalue weighted by Crippen LogP contribution is 2.24. The Kier molecular flexibility index (Phi) is 5.80. The number of rotatable bonds is 6. The van der Waals surface area contributed by atoms with Gasteiger partial charge in [0.15, 0.2) is 11.6 Å². The summed E-state index contributed by atoms with van der Waals surface area (Å²) in [4.78, 5) is 11.3. The summed E-state index contributed by atoms with van der Waals surface area (Å²) < 4.78 is 18.3. The molecule has 1 rings (SSSR count). The molecule has 0 amide bonds. The Labute approximate surface area is 113 Å². The van der Waals surface area contributed by atoms with Crippen molar-refractivity contribution >= 4 is 5.97 Å². The second kappa shape index (κ2) is 7.12. The van der Waals surface area contributed by atoms with Crippen LogP contribution in [0.5, 0.6) is 5.75 Å². The van der Waals surface area contributed by atoms with Crippen LogP contribution in [0.15, 0.2) is 12.1 Å². The summed E-state index contributed by atoms with van der Waals surface area (Å²) in [5.74, 6) is -0.875. The number of esters is 1. The SMILES string of the molecule is CCOC(=O)CCc1cc(F)c(O)cc1CC(C)C. The first kappa shape index (κ1) is 15.5. The number of hydrogen-bond acceptors (Lipinski definition) is 3. The van der Waals surface area contributed by atoms with Crippen LogP contribution >= 0.6 is 0 Å². The Balaban J connectivity index is 2.85. The van der Waals surface area contributed by atoms with Gasteiger partial charge in [0.2, 0.25) is 0 Å². The van der Waals surface area contributed by atoms with Crippen molar-refractivity contribution in [3.8, 4) is 5.75 Å². The van der Waals surface area contributed by atoms with E-state index in [1.54, 1.807) is 6.92 Å². The van der Waals surface area contributed by atoms with E-state index in [-0.39, 0.29) is 18.1 Å². The molecule has 1 aromatic carbocycles. The molecule has 19 heavy (non-hydrogen) atoms. The van der Waals surface area contributed by atoms with Gasteiger partial charge in [-0.15, -0.1) is 0 Å². The van der Waals surface area contributed by atoms with Gasteiger partial charge in [-0.2, -0.15) is 0 Å². The first-order chi connectivity index (χ1) is 8.93. The Morgan fingerprint density at radius 3 is 2.63 bits per heavy atom. The number of hydrogen-bond donors (Lipinski definition) is 1. The first-order valence-corrected chi connectivity index (χ1v) is 6.59. The van der Waals surface area contributed by atoms with Crippen molar-refractivity contribution in [2.24, 2.45) is 5.92 Å². The fraction of sp³-hybridized carbons (Fsp3) is 0.533. The minimum atomic E-state index is -0.647. The molecule has 0 atom stereocenters. The largest absolute Gasteiger partial charge is 0.505 e. The molecule has 0 unspecified atom stereocenters. The maximum Gasteiger partial charge on any atom is 0.306 e. The average Bonchev–Trinajstić information content (AvgIpc) is 2.31. The number of phenolic OH excluding ortho intramolecular Hbond substituents is 1. The van der Waals surface area contributed by atoms with Crippen LogP contribution in [0.2, 0.25) is 0 Å². The standard InChI is InChI=1S/C15H21FO3/c1-4-19-15(18)6-5-11-8-13(16)14(17)9-12(11)7-10(2)3/h8-10,17H,4-7H2,1-3H3. The van der Waals surface area contributed by atoms with E-state index >= 15 is 0 Å². The highest BCUT2D eigenvalue weighted by Gasteiger charge is 2.12. The Bertz CT molecular complexity index is 441. The molecule has 0 aliphatic rings. The van der Waals surface area contributed by atoms with Crippen LogP contribution in [0.25, 0.3) is 0 Å². The van der Waals surface area contributed by atoms with Crippen LogP contribution in [-0.4, -0.2) is 17.7 Å². The van der Waals surface area contributed by atoms with Gasteiger partial charge in [-0.25, -0.2) is 4.39 Å². The zero-order valence-electron chi connectivity index (χ0n) is 11.7. The van der Waals surface area contributed by atoms with Crippen LogP contribution in [0, 0.1) is 11.7 Å². The predicted octanol–water partition coefficient (Wildman–Crippen LogP) is 3.23. The first-order valence-electron chi connectivity index (χ1n) is 6.59. The lowest BCUT2D eigenvalue weighted by molar-refractivity contribution is -0.143. The van der Waals surface area contributed by atoms with E-state index in [0.717, 1.165) is 17.5 Å². The van der Waals surface area contributed by atoms with E-state index in [4.69, 9.17) is 4.74 Å². The number of ether oxygens (including phenoxy) is 1. The van der Waals surface area contributed by atoms with Gasteiger partial charge in [-0.3, -0.25) is 4.79 Å². The predicted molar refractivity (Wildman–Crippen MR) is 71.6 cm³/mol. The number of carbonyl (C=O) groups excluding carboxylic acids is 1. The summed E-state index contributed by atoms with van der Waals surface area (Å²) in [5, 5.41) is 9.43. The fourth-order valence-corrected chi connectivity index (χ4v) is 1.98. The summed E-state index contributed by atoms with van der Waals surface area (Å²) in [7, 11) is 0. The smallest absolute Gasteiger partial charge is 0.306 e. The van der Waals surface area contributed by atoms with Crippen molar-refractivity contribution < 1.29 is 19.0 Å². The number of aromatic hydroxyl groups is 1. The van der Waals surface area contributed by atoms with Gasteiger partial charge in [-0.05, 0) is 48.9 Å². The van der Waals surface area contributed by atoms with E-state index in [0.29, 0.717) is 18.9 Å². The van der Waals surface area contributed by atoms with E-state index in [2.05, 4.69) is 13.8 Å². The highest BCUT2D eigenvalue weighted by molar-refractivity contribution is 5.69. The maximum absolute atomic E-state index is 13.4. The third-order valence-corrected chi connectivity index (χ3v) is 2.80. The van der Waals surface area contributed by atoms with Crippen LogP contribution in [-0.2, 0) is 22.4 Å². The molecule has 0 aliphatic heterocycles. The van der Waals surface area contributed by atoms with Crippen LogP contribution in [0.4, 0.5) is 4.39 Å². The van der Waals surface area contributed by atoms with E-state index in [9.17, 15) is 14.3 Å². The van der Waals surface area contributed by atoms with Gasteiger partial charge in [0, 0.05) is 6.42 Å². The molecule has 0 bridgehead atoms. The van der Waals surface area contributed by atoms with Gasteiger partial charge >= 0.3 is 5.97 Å². The van der Waals surface area contributed by atoms with Gasteiger partial charge in [0.25, 0.3) is 0 Å². The van der Waals surface area contributed by atoms with Crippen LogP contribution < -0.4 is 0 Å². The van der Waals surface area contributed by atoms with E-state index in [1.165, 1.54) is 12.1 Å². The Hall–Kier alpha value is -1.58. The quantitative estimate of drug-likeness (QED) is 0.806. The molecule has 0 aromatic heterocycles. The molecule has 1 N–H and O–H groups in total. The molecule has 0 spiro atoms.